The van der Waals surface area contributed by atoms with Crippen LogP contribution in [0.1, 0.15) is 22.3 Å². The zero-order chi connectivity index (χ0) is 24.7. The Morgan fingerprint density at radius 2 is 1.41 bits per heavy atom. The molecule has 0 radical (unpaired) electrons. The molecule has 0 aromatic heterocycles. The molecule has 0 aliphatic carbocycles. The number of anilines is 1. The molecule has 0 fully saturated rings. The molecule has 14 heteroatoms. The minimum absolute atomic E-state index is 0.0257. The number of hydrogen-bond acceptors (Lipinski definition) is 3. The molecular weight excluding hydrogens is 502 g/mol. The number of nitrogens with two attached hydrogens (primary N) is 1. The van der Waals surface area contributed by atoms with Gasteiger partial charge in [0.15, 0.2) is 0 Å². The number of alkyl halides is 9. The first-order valence-corrected chi connectivity index (χ1v) is 9.17. The fraction of sp³-hybridized carbons (Fsp3) is 0.333. The molecule has 0 aliphatic heterocycles. The molecule has 0 saturated heterocycles. The van der Waals surface area contributed by atoms with Crippen molar-refractivity contribution in [3.05, 3.63) is 62.6 Å². The van der Waals surface area contributed by atoms with Crippen molar-refractivity contribution in [3.8, 4) is 0 Å². The van der Waals surface area contributed by atoms with E-state index < -0.39 is 69.6 Å². The third kappa shape index (κ3) is 5.36. The zero-order valence-electron chi connectivity index (χ0n) is 15.5. The molecule has 3 nitrogen and oxygen atoms in total. The van der Waals surface area contributed by atoms with Gasteiger partial charge in [0.2, 0.25) is 5.60 Å². The van der Waals surface area contributed by atoms with Crippen LogP contribution in [0.2, 0.25) is 10.0 Å². The third-order valence-corrected chi connectivity index (χ3v) is 5.27. The normalized spacial score (nSPS) is 14.9. The van der Waals surface area contributed by atoms with Gasteiger partial charge in [0.25, 0.3) is 0 Å². The molecule has 0 saturated carbocycles. The van der Waals surface area contributed by atoms with Crippen LogP contribution in [0.15, 0.2) is 30.3 Å². The Hall–Kier alpha value is -1.89. The van der Waals surface area contributed by atoms with Crippen molar-refractivity contribution in [3.63, 3.8) is 0 Å². The molecule has 0 unspecified atom stereocenters. The maximum Gasteiger partial charge on any atom is 0.423 e. The van der Waals surface area contributed by atoms with Crippen molar-refractivity contribution in [2.24, 2.45) is 5.73 Å². The van der Waals surface area contributed by atoms with Gasteiger partial charge in [-0.05, 0) is 35.4 Å². The van der Waals surface area contributed by atoms with Gasteiger partial charge in [-0.25, -0.2) is 0 Å². The lowest BCUT2D eigenvalue weighted by Gasteiger charge is -2.32. The Kier molecular flexibility index (Phi) is 7.25. The minimum Gasteiger partial charge on any atom is -0.381 e. The fourth-order valence-corrected chi connectivity index (χ4v) is 3.19. The number of benzene rings is 2. The Morgan fingerprint density at radius 1 is 0.844 bits per heavy atom. The van der Waals surface area contributed by atoms with E-state index in [4.69, 9.17) is 28.9 Å². The molecule has 2 aromatic rings. The number of aliphatic hydroxyl groups is 1. The maximum absolute atomic E-state index is 13.7. The molecule has 0 heterocycles. The van der Waals surface area contributed by atoms with E-state index in [1.807, 2.05) is 5.32 Å². The molecular formula is C18H13Cl2F9N2O. The predicted octanol–water partition coefficient (Wildman–Crippen LogP) is 6.35. The van der Waals surface area contributed by atoms with E-state index in [9.17, 15) is 44.6 Å². The van der Waals surface area contributed by atoms with E-state index in [2.05, 4.69) is 0 Å². The topological polar surface area (TPSA) is 58.3 Å². The number of nitrogens with one attached hydrogen (secondary N) is 1. The Balaban J connectivity index is 2.53. The molecule has 2 rings (SSSR count). The monoisotopic (exact) mass is 514 g/mol. The molecule has 0 bridgehead atoms. The molecule has 0 spiro atoms. The lowest BCUT2D eigenvalue weighted by Crippen LogP contribution is -2.48. The second-order valence-corrected chi connectivity index (χ2v) is 7.39. The average molecular weight is 515 g/mol. The minimum atomic E-state index is -5.55. The van der Waals surface area contributed by atoms with Crippen LogP contribution in [0.4, 0.5) is 45.2 Å². The highest BCUT2D eigenvalue weighted by atomic mass is 35.5. The average Bonchev–Trinajstić information content (AvgIpc) is 2.65. The number of hydrogen-bond donors (Lipinski definition) is 3. The van der Waals surface area contributed by atoms with E-state index in [1.54, 1.807) is 0 Å². The summed E-state index contributed by atoms with van der Waals surface area (Å²) in [4.78, 5) is 0. The molecule has 0 aliphatic rings. The van der Waals surface area contributed by atoms with Crippen molar-refractivity contribution in [1.82, 2.24) is 0 Å². The molecule has 32 heavy (non-hydrogen) atoms. The predicted molar refractivity (Wildman–Crippen MR) is 99.2 cm³/mol. The van der Waals surface area contributed by atoms with E-state index in [0.717, 1.165) is 12.1 Å². The first-order chi connectivity index (χ1) is 14.4. The van der Waals surface area contributed by atoms with Crippen LogP contribution < -0.4 is 11.1 Å². The van der Waals surface area contributed by atoms with Crippen LogP contribution in [-0.4, -0.2) is 17.8 Å². The van der Waals surface area contributed by atoms with E-state index in [0.29, 0.717) is 12.1 Å². The van der Waals surface area contributed by atoms with Crippen molar-refractivity contribution >= 4 is 28.9 Å². The summed E-state index contributed by atoms with van der Waals surface area (Å²) in [5, 5.41) is 10.3. The van der Waals surface area contributed by atoms with E-state index >= 15 is 0 Å². The molecule has 4 N–H and O–H groups in total. The van der Waals surface area contributed by atoms with Crippen LogP contribution >= 0.6 is 23.2 Å². The summed E-state index contributed by atoms with van der Waals surface area (Å²) in [6, 6.07) is 2.73. The van der Waals surface area contributed by atoms with Gasteiger partial charge in [-0.1, -0.05) is 29.3 Å². The van der Waals surface area contributed by atoms with Crippen LogP contribution in [0, 0.1) is 0 Å². The Bertz CT molecular complexity index is 990. The summed E-state index contributed by atoms with van der Waals surface area (Å²) in [7, 11) is 0. The van der Waals surface area contributed by atoms with Crippen molar-refractivity contribution < 1.29 is 44.6 Å². The summed E-state index contributed by atoms with van der Waals surface area (Å²) in [6.07, 6.45) is -15.6. The molecule has 1 atom stereocenters. The Labute approximate surface area is 184 Å². The summed E-state index contributed by atoms with van der Waals surface area (Å²) < 4.78 is 120. The fourth-order valence-electron chi connectivity index (χ4n) is 2.76. The first-order valence-electron chi connectivity index (χ1n) is 8.41. The van der Waals surface area contributed by atoms with Crippen LogP contribution in [-0.2, 0) is 24.5 Å². The van der Waals surface area contributed by atoms with Gasteiger partial charge in [0.05, 0.1) is 27.7 Å². The number of rotatable bonds is 5. The molecule has 0 amide bonds. The van der Waals surface area contributed by atoms with Gasteiger partial charge in [-0.2, -0.15) is 39.5 Å². The van der Waals surface area contributed by atoms with Gasteiger partial charge >= 0.3 is 18.5 Å². The number of halogens is 11. The molecule has 2 aromatic carbocycles. The summed E-state index contributed by atoms with van der Waals surface area (Å²) in [5.41, 5.74) is -3.84. The maximum atomic E-state index is 13.7. The van der Waals surface area contributed by atoms with Crippen molar-refractivity contribution in [2.45, 2.75) is 30.7 Å². The van der Waals surface area contributed by atoms with E-state index in [1.165, 1.54) is 0 Å². The second kappa shape index (κ2) is 8.81. The standard InChI is InChI=1S/C18H13Cl2F9N2O/c19-13-4-9(3-12(14(13)20)17(24,25)26)15(32,18(27,28)29)7-31-10-2-1-8(6-30)11(5-10)16(21,22)23/h1-5,31-32H,6-7,30H2/t15-/m1/s1. The highest BCUT2D eigenvalue weighted by Gasteiger charge is 2.56. The lowest BCUT2D eigenvalue weighted by molar-refractivity contribution is -0.260. The van der Waals surface area contributed by atoms with Gasteiger partial charge < -0.3 is 16.2 Å². The summed E-state index contributed by atoms with van der Waals surface area (Å²) in [5.74, 6) is 0. The smallest absolute Gasteiger partial charge is 0.381 e. The van der Waals surface area contributed by atoms with Crippen LogP contribution in [0.3, 0.4) is 0 Å². The zero-order valence-corrected chi connectivity index (χ0v) is 17.0. The highest BCUT2D eigenvalue weighted by Crippen LogP contribution is 2.45. The molecule has 178 valence electrons. The first kappa shape index (κ1) is 26.4. The highest BCUT2D eigenvalue weighted by molar-refractivity contribution is 6.42. The van der Waals surface area contributed by atoms with E-state index in [-0.39, 0.29) is 11.6 Å². The van der Waals surface area contributed by atoms with Gasteiger partial charge in [0, 0.05) is 12.2 Å². The SMILES string of the molecule is NCc1ccc(NC[C@@](O)(c2cc(Cl)c(Cl)c(C(F)(F)F)c2)C(F)(F)F)cc1C(F)(F)F. The third-order valence-electron chi connectivity index (χ3n) is 4.46. The second-order valence-electron chi connectivity index (χ2n) is 6.60. The summed E-state index contributed by atoms with van der Waals surface area (Å²) >= 11 is 11.0. The Morgan fingerprint density at radius 3 is 1.88 bits per heavy atom. The summed E-state index contributed by atoms with van der Waals surface area (Å²) in [6.45, 7) is -2.05. The van der Waals surface area contributed by atoms with Gasteiger partial charge in [0.1, 0.15) is 0 Å². The quantitative estimate of drug-likeness (QED) is 0.407. The van der Waals surface area contributed by atoms with Gasteiger partial charge in [-0.3, -0.25) is 0 Å². The van der Waals surface area contributed by atoms with Crippen LogP contribution in [0.25, 0.3) is 0 Å². The van der Waals surface area contributed by atoms with Gasteiger partial charge in [-0.15, -0.1) is 0 Å². The largest absolute Gasteiger partial charge is 0.423 e. The van der Waals surface area contributed by atoms with Crippen LogP contribution in [0.5, 0.6) is 0 Å². The van der Waals surface area contributed by atoms with Crippen molar-refractivity contribution in [1.29, 1.82) is 0 Å². The van der Waals surface area contributed by atoms with Crippen molar-refractivity contribution in [2.75, 3.05) is 11.9 Å². The lowest BCUT2D eigenvalue weighted by atomic mass is 9.91.